The molecule has 0 fully saturated rings. The van der Waals surface area contributed by atoms with Crippen molar-refractivity contribution in [3.8, 4) is 0 Å². The fourth-order valence-corrected chi connectivity index (χ4v) is 6.71. The van der Waals surface area contributed by atoms with Crippen molar-refractivity contribution < 1.29 is 10.2 Å². The fourth-order valence-electron chi connectivity index (χ4n) is 6.71. The van der Waals surface area contributed by atoms with E-state index in [9.17, 15) is 10.2 Å². The first-order chi connectivity index (χ1) is 21.3. The van der Waals surface area contributed by atoms with Gasteiger partial charge in [0.25, 0.3) is 0 Å². The van der Waals surface area contributed by atoms with E-state index in [1.54, 1.807) is 0 Å². The summed E-state index contributed by atoms with van der Waals surface area (Å²) in [7, 11) is 0. The third-order valence-corrected chi connectivity index (χ3v) is 8.67. The lowest BCUT2D eigenvalue weighted by Gasteiger charge is -2.40. The van der Waals surface area contributed by atoms with Crippen LogP contribution < -0.4 is 0 Å². The Kier molecular flexibility index (Phi) is 13.2. The minimum atomic E-state index is -0.568. The first-order valence-corrected chi connectivity index (χ1v) is 16.3. The van der Waals surface area contributed by atoms with Crippen molar-refractivity contribution in [3.63, 3.8) is 0 Å². The van der Waals surface area contributed by atoms with Crippen molar-refractivity contribution in [2.75, 3.05) is 0 Å². The van der Waals surface area contributed by atoms with Crippen molar-refractivity contribution in [1.82, 2.24) is 9.80 Å². The van der Waals surface area contributed by atoms with Gasteiger partial charge >= 0.3 is 0 Å². The maximum Gasteiger partial charge on any atom is 0.0699 e. The van der Waals surface area contributed by atoms with E-state index in [1.165, 1.54) is 22.3 Å². The Bertz CT molecular complexity index is 1130. The van der Waals surface area contributed by atoms with Gasteiger partial charge in [-0.25, -0.2) is 0 Å². The number of hydrogen-bond donors (Lipinski definition) is 2. The second-order valence-electron chi connectivity index (χ2n) is 12.9. The van der Waals surface area contributed by atoms with Gasteiger partial charge in [0.05, 0.1) is 12.2 Å². The van der Waals surface area contributed by atoms with Gasteiger partial charge in [-0.15, -0.1) is 0 Å². The second-order valence-corrected chi connectivity index (χ2v) is 12.9. The molecule has 0 aliphatic rings. The van der Waals surface area contributed by atoms with Crippen molar-refractivity contribution in [2.24, 2.45) is 11.8 Å². The zero-order chi connectivity index (χ0) is 31.3. The summed E-state index contributed by atoms with van der Waals surface area (Å²) in [6.45, 7) is 11.8. The van der Waals surface area contributed by atoms with Gasteiger partial charge in [-0.2, -0.15) is 0 Å². The van der Waals surface area contributed by atoms with Crippen LogP contribution in [-0.2, 0) is 26.2 Å². The van der Waals surface area contributed by atoms with E-state index in [0.717, 1.165) is 26.2 Å². The molecule has 0 heterocycles. The summed E-state index contributed by atoms with van der Waals surface area (Å²) in [5, 5.41) is 23.6. The average Bonchev–Trinajstić information content (AvgIpc) is 3.02. The summed E-state index contributed by atoms with van der Waals surface area (Å²) in [4.78, 5) is 4.84. The quantitative estimate of drug-likeness (QED) is 0.131. The Hall–Kier alpha value is -3.28. The Morgan fingerprint density at radius 1 is 0.409 bits per heavy atom. The van der Waals surface area contributed by atoms with Crippen molar-refractivity contribution >= 4 is 0 Å². The van der Waals surface area contributed by atoms with Gasteiger partial charge in [0.2, 0.25) is 0 Å². The highest BCUT2D eigenvalue weighted by Crippen LogP contribution is 2.27. The second kappa shape index (κ2) is 17.3. The van der Waals surface area contributed by atoms with E-state index >= 15 is 0 Å². The lowest BCUT2D eigenvalue weighted by atomic mass is 9.88. The highest BCUT2D eigenvalue weighted by Gasteiger charge is 2.33. The number of rotatable bonds is 17. The van der Waals surface area contributed by atoms with Crippen LogP contribution in [-0.4, -0.2) is 44.3 Å². The molecule has 0 saturated heterocycles. The zero-order valence-corrected chi connectivity index (χ0v) is 27.0. The van der Waals surface area contributed by atoms with Crippen LogP contribution in [0.5, 0.6) is 0 Å². The lowest BCUT2D eigenvalue weighted by molar-refractivity contribution is -0.0205. The van der Waals surface area contributed by atoms with Gasteiger partial charge in [-0.1, -0.05) is 149 Å². The largest absolute Gasteiger partial charge is 0.391 e. The summed E-state index contributed by atoms with van der Waals surface area (Å²) in [5.41, 5.74) is 4.94. The summed E-state index contributed by atoms with van der Waals surface area (Å²) in [6, 6.07) is 42.0. The van der Waals surface area contributed by atoms with E-state index in [1.807, 2.05) is 24.3 Å². The summed E-state index contributed by atoms with van der Waals surface area (Å²) in [5.74, 6) is 0.478. The molecule has 4 aromatic rings. The highest BCUT2D eigenvalue weighted by atomic mass is 16.3. The molecule has 4 aromatic carbocycles. The van der Waals surface area contributed by atoms with E-state index in [2.05, 4.69) is 135 Å². The molecule has 0 saturated carbocycles. The number of hydrogen-bond acceptors (Lipinski definition) is 4. The molecule has 234 valence electrons. The van der Waals surface area contributed by atoms with Gasteiger partial charge in [-0.05, 0) is 46.9 Å². The van der Waals surface area contributed by atoms with Crippen molar-refractivity contribution in [2.45, 2.75) is 91.0 Å². The lowest BCUT2D eigenvalue weighted by Crippen LogP contribution is -2.48. The van der Waals surface area contributed by atoms with Crippen LogP contribution in [0.1, 0.15) is 62.8 Å². The average molecular weight is 593 g/mol. The monoisotopic (exact) mass is 592 g/mol. The standard InChI is InChI=1S/C40H52N2O2/c1-31(2)39(41(27-33-17-9-5-10-18-33)28-34-19-11-6-12-20-34)37(43)25-26-38(44)40(32(3)4)42(29-35-21-13-7-14-22-35)30-36-23-15-8-16-24-36/h5-24,31-32,37-40,43-44H,25-30H2,1-4H3/t37-,38+,39-,40+. The van der Waals surface area contributed by atoms with E-state index < -0.39 is 12.2 Å². The minimum Gasteiger partial charge on any atom is -0.391 e. The smallest absolute Gasteiger partial charge is 0.0699 e. The third kappa shape index (κ3) is 10.1. The first kappa shape index (κ1) is 33.6. The van der Waals surface area contributed by atoms with E-state index in [-0.39, 0.29) is 23.9 Å². The molecule has 2 N–H and O–H groups in total. The van der Waals surface area contributed by atoms with Crippen LogP contribution >= 0.6 is 0 Å². The zero-order valence-electron chi connectivity index (χ0n) is 27.0. The molecule has 0 aromatic heterocycles. The molecule has 4 heteroatoms. The van der Waals surface area contributed by atoms with Crippen LogP contribution in [0.15, 0.2) is 121 Å². The van der Waals surface area contributed by atoms with Gasteiger partial charge in [0.1, 0.15) is 0 Å². The van der Waals surface area contributed by atoms with Gasteiger partial charge in [0, 0.05) is 38.3 Å². The predicted molar refractivity (Wildman–Crippen MR) is 183 cm³/mol. The molecule has 0 amide bonds. The maximum atomic E-state index is 11.8. The minimum absolute atomic E-state index is 0.0511. The number of aliphatic hydroxyl groups is 2. The van der Waals surface area contributed by atoms with Crippen LogP contribution in [0.25, 0.3) is 0 Å². The molecule has 0 bridgehead atoms. The summed E-state index contributed by atoms with van der Waals surface area (Å²) in [6.07, 6.45) is -0.0569. The fraction of sp³-hybridized carbons (Fsp3) is 0.400. The van der Waals surface area contributed by atoms with Crippen LogP contribution in [0, 0.1) is 11.8 Å². The van der Waals surface area contributed by atoms with E-state index in [0.29, 0.717) is 12.8 Å². The molecule has 0 spiro atoms. The molecular formula is C40H52N2O2. The predicted octanol–water partition coefficient (Wildman–Crippen LogP) is 7.94. The Morgan fingerprint density at radius 3 is 0.841 bits per heavy atom. The molecule has 4 nitrogen and oxygen atoms in total. The first-order valence-electron chi connectivity index (χ1n) is 16.3. The molecule has 0 radical (unpaired) electrons. The summed E-state index contributed by atoms with van der Waals surface area (Å²) >= 11 is 0. The highest BCUT2D eigenvalue weighted by molar-refractivity contribution is 5.19. The number of nitrogens with zero attached hydrogens (tertiary/aromatic N) is 2. The third-order valence-electron chi connectivity index (χ3n) is 8.67. The molecular weight excluding hydrogens is 540 g/mol. The molecule has 4 rings (SSSR count). The number of aliphatic hydroxyl groups excluding tert-OH is 2. The molecule has 0 aliphatic carbocycles. The van der Waals surface area contributed by atoms with Crippen LogP contribution in [0.2, 0.25) is 0 Å². The van der Waals surface area contributed by atoms with Gasteiger partial charge in [0.15, 0.2) is 0 Å². The Labute approximate surface area is 266 Å². The molecule has 4 atom stereocenters. The van der Waals surface area contributed by atoms with Crippen LogP contribution in [0.3, 0.4) is 0 Å². The SMILES string of the molecule is CC(C)[C@H]([C@H](O)CC[C@H](O)[C@H](C(C)C)N(Cc1ccccc1)Cc1ccccc1)N(Cc1ccccc1)Cc1ccccc1. The van der Waals surface area contributed by atoms with Gasteiger partial charge < -0.3 is 10.2 Å². The van der Waals surface area contributed by atoms with E-state index in [4.69, 9.17) is 0 Å². The van der Waals surface area contributed by atoms with Gasteiger partial charge in [-0.3, -0.25) is 9.80 Å². The number of benzene rings is 4. The summed E-state index contributed by atoms with van der Waals surface area (Å²) < 4.78 is 0. The van der Waals surface area contributed by atoms with Crippen molar-refractivity contribution in [3.05, 3.63) is 144 Å². The maximum absolute atomic E-state index is 11.8. The molecule has 0 unspecified atom stereocenters. The van der Waals surface area contributed by atoms with Crippen LogP contribution in [0.4, 0.5) is 0 Å². The topological polar surface area (TPSA) is 46.9 Å². The molecule has 0 aliphatic heterocycles. The normalized spacial score (nSPS) is 14.7. The Morgan fingerprint density at radius 2 is 0.636 bits per heavy atom. The molecule has 44 heavy (non-hydrogen) atoms. The Balaban J connectivity index is 1.52. The van der Waals surface area contributed by atoms with Crippen molar-refractivity contribution in [1.29, 1.82) is 0 Å².